The highest BCUT2D eigenvalue weighted by Gasteiger charge is 2.42. The van der Waals surface area contributed by atoms with Gasteiger partial charge in [0, 0.05) is 69.9 Å². The summed E-state index contributed by atoms with van der Waals surface area (Å²) < 4.78 is 13.5. The van der Waals surface area contributed by atoms with Crippen LogP contribution in [0, 0.1) is 5.95 Å². The molecular weight excluding hydrogens is 686 g/mol. The van der Waals surface area contributed by atoms with Crippen LogP contribution < -0.4 is 24.5 Å². The highest BCUT2D eigenvalue weighted by Crippen LogP contribution is 2.42. The Morgan fingerprint density at radius 2 is 1.13 bits per heavy atom. The predicted molar refractivity (Wildman–Crippen MR) is 209 cm³/mol. The minimum atomic E-state index is -0.560. The molecule has 2 aliphatic heterocycles. The van der Waals surface area contributed by atoms with Crippen molar-refractivity contribution in [3.63, 3.8) is 0 Å². The molecule has 0 aromatic carbocycles. The van der Waals surface area contributed by atoms with Crippen molar-refractivity contribution >= 4 is 40.6 Å². The highest BCUT2D eigenvalue weighted by atomic mass is 19.1. The number of rotatable bonds is 7. The van der Waals surface area contributed by atoms with Crippen LogP contribution in [-0.4, -0.2) is 94.1 Å². The van der Waals surface area contributed by atoms with Crippen molar-refractivity contribution in [2.45, 2.75) is 102 Å². The van der Waals surface area contributed by atoms with E-state index in [1.54, 1.807) is 41.5 Å². The van der Waals surface area contributed by atoms with Gasteiger partial charge in [-0.2, -0.15) is 4.39 Å². The van der Waals surface area contributed by atoms with E-state index in [2.05, 4.69) is 36.7 Å². The Labute approximate surface area is 316 Å². The van der Waals surface area contributed by atoms with E-state index >= 15 is 0 Å². The normalized spacial score (nSPS) is 20.2. The molecule has 2 aliphatic carbocycles. The molecule has 2 fully saturated rings. The molecule has 4 aromatic rings. The molecule has 0 unspecified atom stereocenters. The van der Waals surface area contributed by atoms with Crippen molar-refractivity contribution in [2.24, 2.45) is 0 Å². The Morgan fingerprint density at radius 3 is 1.56 bits per heavy atom. The molecule has 14 heteroatoms. The van der Waals surface area contributed by atoms with Crippen molar-refractivity contribution < 1.29 is 14.0 Å². The molecule has 2 atom stereocenters. The second-order valence-electron chi connectivity index (χ2n) is 14.8. The number of hydrogen-bond acceptors (Lipinski definition) is 11. The fraction of sp³-hybridized carbons (Fsp3) is 0.500. The average molecular weight is 736 g/mol. The molecule has 284 valence electrons. The van der Waals surface area contributed by atoms with E-state index in [0.717, 1.165) is 67.2 Å². The molecule has 2 amide bonds. The molecule has 13 nitrogen and oxygen atoms in total. The standard InChI is InChI=1S/C21H28N6O.C19H22FN5O/c1-5-16-21(28)26(4)17-13-23-19(14-10-11-22-18(12-14)25(2)3)24-20(17)27(16)15-8-6-7-9-15;1-3-14-19(26)24(2)15-11-22-17(12-8-9-21-16(20)10-12)23-18(15)25(14)13-6-4-5-7-13/h10-13,15-16H,5-9H2,1-4H3;8-11,13-14H,3-7H2,1-2H3/t16-;14-/m11/s1. The minimum absolute atomic E-state index is 0.0817. The van der Waals surface area contributed by atoms with Crippen LogP contribution in [0.3, 0.4) is 0 Å². The first-order valence-corrected chi connectivity index (χ1v) is 19.2. The maximum Gasteiger partial charge on any atom is 0.249 e. The van der Waals surface area contributed by atoms with Crippen LogP contribution in [-0.2, 0) is 9.59 Å². The summed E-state index contributed by atoms with van der Waals surface area (Å²) in [6.07, 6.45) is 17.3. The lowest BCUT2D eigenvalue weighted by molar-refractivity contribution is -0.120. The summed E-state index contributed by atoms with van der Waals surface area (Å²) in [5.74, 6) is 3.30. The maximum absolute atomic E-state index is 13.5. The van der Waals surface area contributed by atoms with Gasteiger partial charge in [-0.3, -0.25) is 9.59 Å². The van der Waals surface area contributed by atoms with Crippen LogP contribution in [0.4, 0.5) is 33.2 Å². The largest absolute Gasteiger partial charge is 0.363 e. The molecule has 6 heterocycles. The summed E-state index contributed by atoms with van der Waals surface area (Å²) >= 11 is 0. The Balaban J connectivity index is 0.000000167. The number of anilines is 5. The van der Waals surface area contributed by atoms with E-state index in [4.69, 9.17) is 9.97 Å². The maximum atomic E-state index is 13.5. The Hall–Kier alpha value is -5.27. The quantitative estimate of drug-likeness (QED) is 0.199. The molecule has 54 heavy (non-hydrogen) atoms. The van der Waals surface area contributed by atoms with Crippen molar-refractivity contribution in [2.75, 3.05) is 52.7 Å². The number of hydrogen-bond donors (Lipinski definition) is 0. The summed E-state index contributed by atoms with van der Waals surface area (Å²) in [4.78, 5) is 62.3. The van der Waals surface area contributed by atoms with Crippen LogP contribution in [0.5, 0.6) is 0 Å². The summed E-state index contributed by atoms with van der Waals surface area (Å²) in [7, 11) is 7.53. The van der Waals surface area contributed by atoms with Crippen LogP contribution in [0.25, 0.3) is 22.8 Å². The number of nitrogens with zero attached hydrogens (tertiary/aromatic N) is 11. The molecular formula is C40H50FN11O2. The number of pyridine rings is 2. The lowest BCUT2D eigenvalue weighted by atomic mass is 10.0. The number of amides is 2. The topological polar surface area (TPSA) is 128 Å². The van der Waals surface area contributed by atoms with Gasteiger partial charge in [-0.15, -0.1) is 0 Å². The monoisotopic (exact) mass is 735 g/mol. The van der Waals surface area contributed by atoms with Crippen molar-refractivity contribution in [3.05, 3.63) is 55.0 Å². The second kappa shape index (κ2) is 15.6. The molecule has 0 bridgehead atoms. The van der Waals surface area contributed by atoms with Crippen LogP contribution >= 0.6 is 0 Å². The first kappa shape index (κ1) is 37.1. The van der Waals surface area contributed by atoms with Gasteiger partial charge >= 0.3 is 0 Å². The molecule has 8 rings (SSSR count). The molecule has 4 aliphatic rings. The highest BCUT2D eigenvalue weighted by molar-refractivity contribution is 6.05. The van der Waals surface area contributed by atoms with E-state index in [-0.39, 0.29) is 23.9 Å². The molecule has 2 saturated carbocycles. The van der Waals surface area contributed by atoms with Gasteiger partial charge in [0.2, 0.25) is 17.8 Å². The third kappa shape index (κ3) is 6.93. The summed E-state index contributed by atoms with van der Waals surface area (Å²) in [5, 5.41) is 0. The van der Waals surface area contributed by atoms with Gasteiger partial charge in [-0.05, 0) is 56.7 Å². The number of fused-ring (bicyclic) bond motifs is 2. The molecule has 0 N–H and O–H groups in total. The van der Waals surface area contributed by atoms with Gasteiger partial charge in [-0.1, -0.05) is 39.5 Å². The van der Waals surface area contributed by atoms with Crippen LogP contribution in [0.15, 0.2) is 49.1 Å². The number of aromatic nitrogens is 6. The zero-order valence-corrected chi connectivity index (χ0v) is 32.1. The predicted octanol–water partition coefficient (Wildman–Crippen LogP) is 6.29. The van der Waals surface area contributed by atoms with Crippen molar-refractivity contribution in [1.82, 2.24) is 29.9 Å². The van der Waals surface area contributed by atoms with Gasteiger partial charge < -0.3 is 24.5 Å². The van der Waals surface area contributed by atoms with E-state index in [9.17, 15) is 14.0 Å². The SMILES string of the molecule is CC[C@@H]1C(=O)N(C)c2cnc(-c3ccnc(F)c3)nc2N1C1CCCC1.CC[C@@H]1C(=O)N(C)c2cnc(-c3ccnc(N(C)C)c3)nc2N1C1CCCC1. The second-order valence-corrected chi connectivity index (χ2v) is 14.8. The molecule has 0 saturated heterocycles. The number of carbonyl (C=O) groups excluding carboxylic acids is 2. The minimum Gasteiger partial charge on any atom is -0.363 e. The average Bonchev–Trinajstić information content (AvgIpc) is 3.93. The fourth-order valence-corrected chi connectivity index (χ4v) is 8.39. The third-order valence-corrected chi connectivity index (χ3v) is 11.3. The van der Waals surface area contributed by atoms with E-state index in [0.29, 0.717) is 35.0 Å². The number of halogens is 1. The smallest absolute Gasteiger partial charge is 0.249 e. The van der Waals surface area contributed by atoms with Gasteiger partial charge in [-0.25, -0.2) is 29.9 Å². The van der Waals surface area contributed by atoms with Gasteiger partial charge in [0.15, 0.2) is 23.3 Å². The van der Waals surface area contributed by atoms with Gasteiger partial charge in [0.1, 0.15) is 29.3 Å². The van der Waals surface area contributed by atoms with Gasteiger partial charge in [0.05, 0.1) is 12.4 Å². The van der Waals surface area contributed by atoms with E-state index in [1.807, 2.05) is 45.1 Å². The van der Waals surface area contributed by atoms with Gasteiger partial charge in [0.25, 0.3) is 0 Å². The summed E-state index contributed by atoms with van der Waals surface area (Å²) in [6, 6.07) is 7.27. The van der Waals surface area contributed by atoms with E-state index < -0.39 is 5.95 Å². The fourth-order valence-electron chi connectivity index (χ4n) is 8.39. The Morgan fingerprint density at radius 1 is 0.685 bits per heavy atom. The lowest BCUT2D eigenvalue weighted by Gasteiger charge is -2.43. The zero-order chi connectivity index (χ0) is 38.1. The Kier molecular flexibility index (Phi) is 10.7. The van der Waals surface area contributed by atoms with E-state index in [1.165, 1.54) is 37.9 Å². The number of likely N-dealkylation sites (N-methyl/N-ethyl adjacent to an activating group) is 2. The van der Waals surface area contributed by atoms with Crippen LogP contribution in [0.2, 0.25) is 0 Å². The zero-order valence-electron chi connectivity index (χ0n) is 32.1. The van der Waals surface area contributed by atoms with Crippen molar-refractivity contribution in [1.29, 1.82) is 0 Å². The molecule has 0 radical (unpaired) electrons. The molecule has 4 aromatic heterocycles. The molecule has 0 spiro atoms. The Bertz CT molecular complexity index is 2000. The lowest BCUT2D eigenvalue weighted by Crippen LogP contribution is -2.55. The van der Waals surface area contributed by atoms with Crippen molar-refractivity contribution in [3.8, 4) is 22.8 Å². The summed E-state index contributed by atoms with van der Waals surface area (Å²) in [5.41, 5.74) is 3.02. The first-order valence-electron chi connectivity index (χ1n) is 19.2. The van der Waals surface area contributed by atoms with Crippen LogP contribution in [0.1, 0.15) is 78.1 Å². The third-order valence-electron chi connectivity index (χ3n) is 11.3. The summed E-state index contributed by atoms with van der Waals surface area (Å²) in [6.45, 7) is 4.11. The number of carbonyl (C=O) groups is 2. The first-order chi connectivity index (χ1) is 26.1.